The molecule has 1 atom stereocenters. The van der Waals surface area contributed by atoms with Gasteiger partial charge in [0.25, 0.3) is 5.91 Å². The number of carbonyl (C=O) groups excluding carboxylic acids is 1. The molecule has 3 heterocycles. The molecule has 0 bridgehead atoms. The average molecular weight is 617 g/mol. The van der Waals surface area contributed by atoms with Crippen LogP contribution in [0.3, 0.4) is 0 Å². The van der Waals surface area contributed by atoms with Gasteiger partial charge in [-0.25, -0.2) is 23.4 Å². The summed E-state index contributed by atoms with van der Waals surface area (Å²) in [6, 6.07) is 9.29. The number of rotatable bonds is 8. The monoisotopic (exact) mass is 616 g/mol. The Morgan fingerprint density at radius 2 is 2.00 bits per heavy atom. The first-order valence-corrected chi connectivity index (χ1v) is 14.7. The van der Waals surface area contributed by atoms with E-state index in [0.29, 0.717) is 30.4 Å². The number of ether oxygens (including phenoxy) is 1. The Balaban J connectivity index is 1.30. The Labute approximate surface area is 257 Å². The minimum Gasteiger partial charge on any atom is -0.454 e. The first-order valence-electron chi connectivity index (χ1n) is 14.7. The maximum Gasteiger partial charge on any atom is 0.264 e. The number of halogens is 3. The van der Waals surface area contributed by atoms with E-state index in [1.54, 1.807) is 15.7 Å². The number of benzene rings is 2. The minimum absolute atomic E-state index is 0.0481. The van der Waals surface area contributed by atoms with Crippen molar-refractivity contribution in [1.82, 2.24) is 30.0 Å². The number of likely N-dealkylation sites (tertiary alicyclic amines) is 1. The Bertz CT molecular complexity index is 1860. The van der Waals surface area contributed by atoms with Gasteiger partial charge in [-0.15, -0.1) is 0 Å². The van der Waals surface area contributed by atoms with E-state index in [9.17, 15) is 18.8 Å². The summed E-state index contributed by atoms with van der Waals surface area (Å²) in [6.07, 6.45) is 6.08. The molecule has 0 radical (unpaired) electrons. The van der Waals surface area contributed by atoms with Crippen molar-refractivity contribution in [3.8, 4) is 28.8 Å². The van der Waals surface area contributed by atoms with E-state index in [0.717, 1.165) is 25.0 Å². The summed E-state index contributed by atoms with van der Waals surface area (Å²) in [5.74, 6) is -3.71. The average Bonchev–Trinajstić information content (AvgIpc) is 3.65. The number of hydrogen-bond acceptors (Lipinski definition) is 8. The van der Waals surface area contributed by atoms with Crippen molar-refractivity contribution in [2.24, 2.45) is 0 Å². The number of nitriles is 1. The lowest BCUT2D eigenvalue weighted by atomic mass is 10.0. The number of nitrogens with zero attached hydrogens (tertiary/aromatic N) is 6. The molecule has 1 saturated carbocycles. The Morgan fingerprint density at radius 3 is 2.71 bits per heavy atom. The second kappa shape index (κ2) is 11.9. The zero-order chi connectivity index (χ0) is 31.9. The van der Waals surface area contributed by atoms with Crippen molar-refractivity contribution in [1.29, 1.82) is 5.26 Å². The first kappa shape index (κ1) is 30.1. The molecular weight excluding hydrogens is 585 g/mol. The Hall–Kier alpha value is -4.96. The number of fused-ring (bicyclic) bond motifs is 1. The largest absolute Gasteiger partial charge is 0.454 e. The highest BCUT2D eigenvalue weighted by atomic mass is 19.2. The highest BCUT2D eigenvalue weighted by molar-refractivity contribution is 5.99. The molecule has 1 amide bonds. The van der Waals surface area contributed by atoms with Crippen LogP contribution in [0.15, 0.2) is 54.4 Å². The molecule has 2 aromatic carbocycles. The van der Waals surface area contributed by atoms with E-state index in [1.807, 2.05) is 13.8 Å². The molecule has 6 rings (SSSR count). The van der Waals surface area contributed by atoms with Crippen LogP contribution >= 0.6 is 0 Å². The number of nitrogen functional groups attached to an aromatic ring is 1. The summed E-state index contributed by atoms with van der Waals surface area (Å²) in [7, 11) is 0. The molecule has 1 unspecified atom stereocenters. The van der Waals surface area contributed by atoms with E-state index in [2.05, 4.69) is 21.4 Å². The lowest BCUT2D eigenvalue weighted by Gasteiger charge is -2.33. The van der Waals surface area contributed by atoms with E-state index < -0.39 is 17.5 Å². The van der Waals surface area contributed by atoms with Crippen LogP contribution in [0.5, 0.6) is 11.5 Å². The van der Waals surface area contributed by atoms with Gasteiger partial charge in [0.2, 0.25) is 5.82 Å². The summed E-state index contributed by atoms with van der Waals surface area (Å²) >= 11 is 0. The van der Waals surface area contributed by atoms with Crippen LogP contribution < -0.4 is 15.8 Å². The van der Waals surface area contributed by atoms with Crippen LogP contribution in [0.1, 0.15) is 45.6 Å². The normalized spacial score (nSPS) is 17.8. The van der Waals surface area contributed by atoms with E-state index >= 15 is 4.39 Å². The summed E-state index contributed by atoms with van der Waals surface area (Å²) in [6.45, 7) is 4.79. The van der Waals surface area contributed by atoms with Crippen molar-refractivity contribution in [3.05, 3.63) is 71.8 Å². The predicted octanol–water partition coefficient (Wildman–Crippen LogP) is 5.43. The molecular formula is C32H31F3N8O2. The fourth-order valence-corrected chi connectivity index (χ4v) is 5.85. The summed E-state index contributed by atoms with van der Waals surface area (Å²) < 4.78 is 50.3. The van der Waals surface area contributed by atoms with Crippen LogP contribution in [0, 0.1) is 28.8 Å². The molecule has 1 saturated heterocycles. The number of piperidine rings is 1. The summed E-state index contributed by atoms with van der Waals surface area (Å²) in [5, 5.41) is 18.4. The van der Waals surface area contributed by atoms with Gasteiger partial charge < -0.3 is 20.7 Å². The lowest BCUT2D eigenvalue weighted by molar-refractivity contribution is -0.128. The maximum absolute atomic E-state index is 15.6. The minimum atomic E-state index is -1.19. The van der Waals surface area contributed by atoms with E-state index in [1.165, 1.54) is 30.6 Å². The van der Waals surface area contributed by atoms with Gasteiger partial charge >= 0.3 is 0 Å². The third-order valence-electron chi connectivity index (χ3n) is 8.02. The molecule has 10 nitrogen and oxygen atoms in total. The molecule has 2 aromatic heterocycles. The first-order chi connectivity index (χ1) is 21.6. The quantitative estimate of drug-likeness (QED) is 0.198. The van der Waals surface area contributed by atoms with E-state index in [4.69, 9.17) is 15.6 Å². The van der Waals surface area contributed by atoms with Crippen LogP contribution in [0.4, 0.5) is 19.0 Å². The molecule has 3 N–H and O–H groups in total. The number of carbonyl (C=O) groups is 1. The van der Waals surface area contributed by atoms with Gasteiger partial charge in [0.05, 0.1) is 11.4 Å². The Kier molecular flexibility index (Phi) is 7.92. The van der Waals surface area contributed by atoms with Gasteiger partial charge in [0, 0.05) is 36.3 Å². The van der Waals surface area contributed by atoms with Gasteiger partial charge in [0.1, 0.15) is 41.0 Å². The number of nitrogens with one attached hydrogen (secondary N) is 1. The fraction of sp³-hybridized carbons (Fsp3) is 0.344. The molecule has 232 valence electrons. The predicted molar refractivity (Wildman–Crippen MR) is 160 cm³/mol. The lowest BCUT2D eigenvalue weighted by Crippen LogP contribution is -2.42. The van der Waals surface area contributed by atoms with Crippen LogP contribution in [0.25, 0.3) is 22.3 Å². The fourth-order valence-electron chi connectivity index (χ4n) is 5.85. The van der Waals surface area contributed by atoms with E-state index in [-0.39, 0.29) is 64.2 Å². The SMILES string of the molecule is CC(C)NC1(C=C(C#N)C(=O)N2CCCC(n3nc(-c4ccc(Oc5cccc(F)c5F)cc4F)c4c(N)ncnc43)C2)CC1. The molecule has 1 aliphatic heterocycles. The third-order valence-corrected chi connectivity index (χ3v) is 8.02. The van der Waals surface area contributed by atoms with Gasteiger partial charge in [-0.2, -0.15) is 14.8 Å². The molecule has 45 heavy (non-hydrogen) atoms. The molecule has 1 aliphatic carbocycles. The topological polar surface area (TPSA) is 135 Å². The van der Waals surface area contributed by atoms with Gasteiger partial charge in [-0.3, -0.25) is 4.79 Å². The Morgan fingerprint density at radius 1 is 1.20 bits per heavy atom. The third kappa shape index (κ3) is 5.93. The number of amides is 1. The van der Waals surface area contributed by atoms with Crippen LogP contribution in [0.2, 0.25) is 0 Å². The molecule has 4 aromatic rings. The maximum atomic E-state index is 15.6. The second-order valence-corrected chi connectivity index (χ2v) is 11.7. The number of aromatic nitrogens is 4. The second-order valence-electron chi connectivity index (χ2n) is 11.7. The van der Waals surface area contributed by atoms with Crippen molar-refractivity contribution >= 4 is 22.8 Å². The smallest absolute Gasteiger partial charge is 0.264 e. The van der Waals surface area contributed by atoms with Crippen molar-refractivity contribution in [2.75, 3.05) is 18.8 Å². The van der Waals surface area contributed by atoms with Gasteiger partial charge in [0.15, 0.2) is 17.2 Å². The molecule has 2 fully saturated rings. The molecule has 2 aliphatic rings. The number of anilines is 1. The highest BCUT2D eigenvalue weighted by Gasteiger charge is 2.42. The zero-order valence-corrected chi connectivity index (χ0v) is 24.7. The van der Waals surface area contributed by atoms with Crippen molar-refractivity contribution < 1.29 is 22.7 Å². The van der Waals surface area contributed by atoms with Crippen molar-refractivity contribution in [2.45, 2.75) is 57.2 Å². The summed E-state index contributed by atoms with van der Waals surface area (Å²) in [5.41, 5.74) is 6.62. The molecule has 0 spiro atoms. The van der Waals surface area contributed by atoms with Crippen molar-refractivity contribution in [3.63, 3.8) is 0 Å². The highest BCUT2D eigenvalue weighted by Crippen LogP contribution is 2.39. The molecule has 13 heteroatoms. The number of nitrogens with two attached hydrogens (primary N) is 1. The van der Waals surface area contributed by atoms with Gasteiger partial charge in [-0.05, 0) is 56.0 Å². The van der Waals surface area contributed by atoms with Crippen LogP contribution in [-0.4, -0.2) is 55.2 Å². The zero-order valence-electron chi connectivity index (χ0n) is 24.7. The number of hydrogen-bond donors (Lipinski definition) is 2. The standard InChI is InChI=1S/C32H31F3N8O2/c1-18(2)40-32(10-11-32)14-19(15-36)31(44)42-12-4-5-20(16-42)43-30-26(29(37)38-17-39-30)28(41-43)22-9-8-21(13-24(22)34)45-25-7-3-6-23(33)27(25)35/h3,6-9,13-14,17-18,20,40H,4-5,10-12,16H2,1-2H3,(H2,37,38,39). The van der Waals surface area contributed by atoms with Crippen LogP contribution in [-0.2, 0) is 4.79 Å². The van der Waals surface area contributed by atoms with Gasteiger partial charge in [-0.1, -0.05) is 19.9 Å². The summed E-state index contributed by atoms with van der Waals surface area (Å²) in [4.78, 5) is 23.6.